The van der Waals surface area contributed by atoms with Gasteiger partial charge in [-0.3, -0.25) is 9.59 Å². The molecule has 1 heterocycles. The van der Waals surface area contributed by atoms with Gasteiger partial charge in [0.2, 0.25) is 5.91 Å². The van der Waals surface area contributed by atoms with Crippen LogP contribution in [0.4, 0.5) is 0 Å². The summed E-state index contributed by atoms with van der Waals surface area (Å²) in [7, 11) is 0. The van der Waals surface area contributed by atoms with Crippen LogP contribution in [0.15, 0.2) is 12.2 Å². The van der Waals surface area contributed by atoms with E-state index in [9.17, 15) is 9.59 Å². The molecule has 1 aliphatic heterocycles. The monoisotopic (exact) mass is 329 g/mol. The Labute approximate surface area is 145 Å². The van der Waals surface area contributed by atoms with E-state index in [4.69, 9.17) is 0 Å². The first-order chi connectivity index (χ1) is 11.4. The van der Waals surface area contributed by atoms with E-state index in [2.05, 4.69) is 25.2 Å². The average molecular weight is 329 g/mol. The van der Waals surface area contributed by atoms with Crippen LogP contribution in [0.25, 0.3) is 0 Å². The maximum absolute atomic E-state index is 12.5. The normalized spacial score (nSPS) is 49.8. The quantitative estimate of drug-likeness (QED) is 0.835. The van der Waals surface area contributed by atoms with Gasteiger partial charge in [-0.05, 0) is 67.8 Å². The maximum Gasteiger partial charge on any atom is 0.243 e. The van der Waals surface area contributed by atoms with Crippen molar-refractivity contribution in [1.29, 1.82) is 0 Å². The first-order valence-electron chi connectivity index (χ1n) is 9.92. The lowest BCUT2D eigenvalue weighted by Gasteiger charge is -2.58. The summed E-state index contributed by atoms with van der Waals surface area (Å²) in [5.74, 6) is 2.93. The van der Waals surface area contributed by atoms with Crippen LogP contribution in [0.5, 0.6) is 0 Å². The first-order valence-corrected chi connectivity index (χ1v) is 9.92. The smallest absolute Gasteiger partial charge is 0.243 e. The third-order valence-corrected chi connectivity index (χ3v) is 8.42. The number of carbonyl (C=O) groups is 2. The van der Waals surface area contributed by atoms with E-state index in [1.54, 1.807) is 6.08 Å². The third kappa shape index (κ3) is 2.09. The zero-order chi connectivity index (χ0) is 17.1. The van der Waals surface area contributed by atoms with Crippen LogP contribution in [0, 0.1) is 34.5 Å². The van der Waals surface area contributed by atoms with E-state index in [1.807, 2.05) is 6.92 Å². The minimum Gasteiger partial charge on any atom is -0.349 e. The maximum atomic E-state index is 12.5. The zero-order valence-electron chi connectivity index (χ0n) is 15.3. The fourth-order valence-corrected chi connectivity index (χ4v) is 7.11. The van der Waals surface area contributed by atoms with E-state index in [0.29, 0.717) is 36.0 Å². The average Bonchev–Trinajstić information content (AvgIpc) is 2.92. The van der Waals surface area contributed by atoms with Gasteiger partial charge >= 0.3 is 0 Å². The molecule has 7 unspecified atom stereocenters. The highest BCUT2D eigenvalue weighted by Gasteiger charge is 2.60. The molecule has 0 aromatic heterocycles. The van der Waals surface area contributed by atoms with Gasteiger partial charge in [0.1, 0.15) is 5.78 Å². The number of fused-ring (bicyclic) bond motifs is 5. The van der Waals surface area contributed by atoms with Crippen molar-refractivity contribution < 1.29 is 9.59 Å². The van der Waals surface area contributed by atoms with Crippen molar-refractivity contribution in [3.63, 3.8) is 0 Å². The molecule has 3 nitrogen and oxygen atoms in total. The number of ketones is 1. The Morgan fingerprint density at radius 3 is 2.71 bits per heavy atom. The lowest BCUT2D eigenvalue weighted by Crippen LogP contribution is -2.59. The van der Waals surface area contributed by atoms with Crippen LogP contribution >= 0.6 is 0 Å². The minimum atomic E-state index is 0.0750. The summed E-state index contributed by atoms with van der Waals surface area (Å²) in [4.78, 5) is 24.3. The molecule has 3 fully saturated rings. The largest absolute Gasteiger partial charge is 0.349 e. The lowest BCUT2D eigenvalue weighted by molar-refractivity contribution is -0.132. The summed E-state index contributed by atoms with van der Waals surface area (Å²) in [5.41, 5.74) is 0.324. The Morgan fingerprint density at radius 2 is 1.96 bits per heavy atom. The van der Waals surface area contributed by atoms with Crippen molar-refractivity contribution in [2.75, 3.05) is 0 Å². The molecule has 3 aliphatic carbocycles. The Morgan fingerprint density at radius 1 is 1.17 bits per heavy atom. The van der Waals surface area contributed by atoms with Gasteiger partial charge in [-0.25, -0.2) is 0 Å². The predicted octanol–water partition coefficient (Wildman–Crippen LogP) is 3.88. The number of nitrogens with one attached hydrogen (secondary N) is 1. The molecule has 0 aromatic carbocycles. The van der Waals surface area contributed by atoms with E-state index >= 15 is 0 Å². The summed E-state index contributed by atoms with van der Waals surface area (Å²) >= 11 is 0. The molecule has 1 amide bonds. The highest BCUT2D eigenvalue weighted by molar-refractivity contribution is 5.89. The molecule has 0 radical (unpaired) electrons. The summed E-state index contributed by atoms with van der Waals surface area (Å²) in [6, 6.07) is 0.301. The number of amides is 1. The molecule has 132 valence electrons. The zero-order valence-corrected chi connectivity index (χ0v) is 15.3. The molecular weight excluding hydrogens is 298 g/mol. The molecule has 0 bridgehead atoms. The van der Waals surface area contributed by atoms with E-state index in [-0.39, 0.29) is 16.7 Å². The van der Waals surface area contributed by atoms with Gasteiger partial charge in [0, 0.05) is 23.8 Å². The van der Waals surface area contributed by atoms with Gasteiger partial charge in [-0.1, -0.05) is 26.8 Å². The molecule has 0 spiro atoms. The third-order valence-electron chi connectivity index (χ3n) is 8.42. The standard InChI is InChI=1S/C21H31NO2/c1-4-17(23)16-7-6-14-13-5-8-18-21(3,12-10-19(24)22-18)15(13)9-11-20(14,16)2/h10,12-16,18H,4-9,11H2,1-3H3,(H,22,24). The Balaban J connectivity index is 1.64. The minimum absolute atomic E-state index is 0.0750. The first kappa shape index (κ1) is 16.4. The number of hydrogen-bond acceptors (Lipinski definition) is 2. The number of Topliss-reactive ketones (excluding diaryl/α,β-unsaturated/α-hetero) is 1. The molecule has 0 saturated heterocycles. The van der Waals surface area contributed by atoms with Crippen LogP contribution in [0.1, 0.15) is 65.7 Å². The molecule has 1 N–H and O–H groups in total. The molecule has 3 saturated carbocycles. The number of carbonyl (C=O) groups excluding carboxylic acids is 2. The molecule has 0 aromatic rings. The predicted molar refractivity (Wildman–Crippen MR) is 94.2 cm³/mol. The van der Waals surface area contributed by atoms with Crippen molar-refractivity contribution >= 4 is 11.7 Å². The lowest BCUT2D eigenvalue weighted by atomic mass is 9.47. The van der Waals surface area contributed by atoms with Crippen molar-refractivity contribution in [3.8, 4) is 0 Å². The van der Waals surface area contributed by atoms with Gasteiger partial charge < -0.3 is 5.32 Å². The van der Waals surface area contributed by atoms with Crippen LogP contribution in [0.3, 0.4) is 0 Å². The Hall–Kier alpha value is -1.12. The molecule has 7 atom stereocenters. The fourth-order valence-electron chi connectivity index (χ4n) is 7.11. The highest BCUT2D eigenvalue weighted by Crippen LogP contribution is 2.65. The second kappa shape index (κ2) is 5.44. The van der Waals surface area contributed by atoms with Crippen LogP contribution < -0.4 is 5.32 Å². The van der Waals surface area contributed by atoms with Crippen molar-refractivity contribution in [3.05, 3.63) is 12.2 Å². The van der Waals surface area contributed by atoms with E-state index in [0.717, 1.165) is 18.8 Å². The van der Waals surface area contributed by atoms with Gasteiger partial charge in [-0.15, -0.1) is 0 Å². The fraction of sp³-hybridized carbons (Fsp3) is 0.810. The van der Waals surface area contributed by atoms with Gasteiger partial charge in [-0.2, -0.15) is 0 Å². The number of rotatable bonds is 2. The molecule has 4 rings (SSSR count). The van der Waals surface area contributed by atoms with Crippen molar-refractivity contribution in [2.45, 2.75) is 71.8 Å². The topological polar surface area (TPSA) is 46.2 Å². The van der Waals surface area contributed by atoms with Crippen molar-refractivity contribution in [2.24, 2.45) is 34.5 Å². The van der Waals surface area contributed by atoms with Gasteiger partial charge in [0.25, 0.3) is 0 Å². The summed E-state index contributed by atoms with van der Waals surface area (Å²) in [6.45, 7) is 6.79. The molecule has 4 aliphatic rings. The highest BCUT2D eigenvalue weighted by atomic mass is 16.1. The second-order valence-electron chi connectivity index (χ2n) is 9.21. The second-order valence-corrected chi connectivity index (χ2v) is 9.21. The van der Waals surface area contributed by atoms with Crippen LogP contribution in [-0.4, -0.2) is 17.7 Å². The summed E-state index contributed by atoms with van der Waals surface area (Å²) in [6.07, 6.45) is 11.7. The Bertz CT molecular complexity index is 597. The van der Waals surface area contributed by atoms with Crippen molar-refractivity contribution in [1.82, 2.24) is 5.32 Å². The van der Waals surface area contributed by atoms with Crippen LogP contribution in [-0.2, 0) is 9.59 Å². The molecule has 24 heavy (non-hydrogen) atoms. The van der Waals surface area contributed by atoms with Crippen LogP contribution in [0.2, 0.25) is 0 Å². The summed E-state index contributed by atoms with van der Waals surface area (Å²) in [5, 5.41) is 3.22. The van der Waals surface area contributed by atoms with E-state index < -0.39 is 0 Å². The number of hydrogen-bond donors (Lipinski definition) is 1. The summed E-state index contributed by atoms with van der Waals surface area (Å²) < 4.78 is 0. The molecular formula is C21H31NO2. The Kier molecular flexibility index (Phi) is 3.71. The van der Waals surface area contributed by atoms with E-state index in [1.165, 1.54) is 25.7 Å². The van der Waals surface area contributed by atoms with Gasteiger partial charge in [0.15, 0.2) is 0 Å². The SMILES string of the molecule is CCC(=O)C1CCC2C3CCC4NC(=O)C=CC4(C)C3CCC12C. The molecule has 3 heteroatoms. The van der Waals surface area contributed by atoms with Gasteiger partial charge in [0.05, 0.1) is 0 Å².